The van der Waals surface area contributed by atoms with E-state index in [-0.39, 0.29) is 5.91 Å². The average Bonchev–Trinajstić information content (AvgIpc) is 2.38. The summed E-state index contributed by atoms with van der Waals surface area (Å²) >= 11 is 1.69. The fourth-order valence-electron chi connectivity index (χ4n) is 1.48. The molecule has 0 unspecified atom stereocenters. The third-order valence-corrected chi connectivity index (χ3v) is 3.02. The summed E-state index contributed by atoms with van der Waals surface area (Å²) in [5.41, 5.74) is 1.64. The van der Waals surface area contributed by atoms with E-state index in [1.165, 1.54) is 7.11 Å². The van der Waals surface area contributed by atoms with Crippen LogP contribution in [0, 0.1) is 0 Å². The maximum absolute atomic E-state index is 11.9. The Morgan fingerprint density at radius 3 is 2.78 bits per heavy atom. The summed E-state index contributed by atoms with van der Waals surface area (Å²) in [4.78, 5) is 23.1. The minimum absolute atomic E-state index is 0.268. The third-order valence-electron chi connectivity index (χ3n) is 2.40. The molecule has 1 aromatic rings. The van der Waals surface area contributed by atoms with E-state index in [9.17, 15) is 9.59 Å². The molecule has 0 bridgehead atoms. The van der Waals surface area contributed by atoms with E-state index in [0.717, 1.165) is 11.3 Å². The summed E-state index contributed by atoms with van der Waals surface area (Å²) in [6.45, 7) is 1.59. The summed E-state index contributed by atoms with van der Waals surface area (Å²) in [6, 6.07) is 6.71. The summed E-state index contributed by atoms with van der Waals surface area (Å²) in [5, 5.41) is 2.60. The van der Waals surface area contributed by atoms with Crippen molar-refractivity contribution in [2.75, 3.05) is 13.4 Å². The van der Waals surface area contributed by atoms with Crippen LogP contribution in [0.5, 0.6) is 0 Å². The molecule has 0 radical (unpaired) electrons. The lowest BCUT2D eigenvalue weighted by Gasteiger charge is -2.11. The number of rotatable bonds is 5. The lowest BCUT2D eigenvalue weighted by molar-refractivity contribution is -0.142. The molecule has 5 heteroatoms. The van der Waals surface area contributed by atoms with Crippen molar-refractivity contribution in [2.24, 2.45) is 0 Å². The van der Waals surface area contributed by atoms with Gasteiger partial charge in [-0.1, -0.05) is 12.1 Å². The number of carbonyl (C=O) groups excluding carboxylic acids is 2. The topological polar surface area (TPSA) is 55.4 Å². The number of methoxy groups -OCH3 is 1. The number of hydrogen-bond donors (Lipinski definition) is 1. The van der Waals surface area contributed by atoms with Crippen molar-refractivity contribution in [3.8, 4) is 0 Å². The highest BCUT2D eigenvalue weighted by Gasteiger charge is 2.16. The van der Waals surface area contributed by atoms with Crippen LogP contribution in [0.3, 0.4) is 0 Å². The minimum atomic E-state index is -0.647. The van der Waals surface area contributed by atoms with E-state index in [4.69, 9.17) is 0 Å². The quantitative estimate of drug-likeness (QED) is 0.827. The van der Waals surface area contributed by atoms with Crippen molar-refractivity contribution in [2.45, 2.75) is 18.7 Å². The van der Waals surface area contributed by atoms with Crippen molar-refractivity contribution >= 4 is 23.6 Å². The van der Waals surface area contributed by atoms with E-state index in [2.05, 4.69) is 10.1 Å². The lowest BCUT2D eigenvalue weighted by Crippen LogP contribution is -2.39. The van der Waals surface area contributed by atoms with Gasteiger partial charge in [-0.3, -0.25) is 4.79 Å². The van der Waals surface area contributed by atoms with Crippen molar-refractivity contribution in [3.63, 3.8) is 0 Å². The van der Waals surface area contributed by atoms with Gasteiger partial charge in [0.05, 0.1) is 7.11 Å². The largest absolute Gasteiger partial charge is 0.467 e. The normalized spacial score (nSPS) is 11.7. The first kappa shape index (κ1) is 14.6. The molecule has 0 spiro atoms. The van der Waals surface area contributed by atoms with Gasteiger partial charge >= 0.3 is 5.97 Å². The van der Waals surface area contributed by atoms with Gasteiger partial charge < -0.3 is 10.1 Å². The zero-order valence-electron chi connectivity index (χ0n) is 10.7. The van der Waals surface area contributed by atoms with Crippen LogP contribution < -0.4 is 5.32 Å². The van der Waals surface area contributed by atoms with Crippen molar-refractivity contribution in [1.29, 1.82) is 0 Å². The molecule has 18 heavy (non-hydrogen) atoms. The number of ether oxygens (including phenoxy) is 1. The zero-order chi connectivity index (χ0) is 13.5. The standard InChI is InChI=1S/C13H17NO3S/c1-9(13(16)17-2)14-12(15)11-6-4-5-10(7-11)8-18-3/h4-7,9H,8H2,1-3H3,(H,14,15)/t9-/m0/s1. The second-order valence-electron chi connectivity index (χ2n) is 3.85. The highest BCUT2D eigenvalue weighted by molar-refractivity contribution is 7.97. The Labute approximate surface area is 111 Å². The van der Waals surface area contributed by atoms with E-state index >= 15 is 0 Å². The van der Waals surface area contributed by atoms with Gasteiger partial charge in [0.15, 0.2) is 0 Å². The molecule has 0 saturated heterocycles. The Morgan fingerprint density at radius 1 is 1.44 bits per heavy atom. The number of benzene rings is 1. The first-order chi connectivity index (χ1) is 8.58. The Hall–Kier alpha value is -1.49. The molecule has 0 aliphatic rings. The van der Waals surface area contributed by atoms with Crippen molar-refractivity contribution in [3.05, 3.63) is 35.4 Å². The Balaban J connectivity index is 2.72. The van der Waals surface area contributed by atoms with Crippen molar-refractivity contribution < 1.29 is 14.3 Å². The summed E-state index contributed by atoms with van der Waals surface area (Å²) in [7, 11) is 1.30. The third kappa shape index (κ3) is 4.07. The van der Waals surface area contributed by atoms with Crippen LogP contribution in [0.15, 0.2) is 24.3 Å². The Kier molecular flexibility index (Phi) is 5.71. The molecule has 0 aliphatic carbocycles. The molecule has 1 aromatic carbocycles. The van der Waals surface area contributed by atoms with Crippen LogP contribution in [0.2, 0.25) is 0 Å². The van der Waals surface area contributed by atoms with Crippen LogP contribution in [-0.4, -0.2) is 31.3 Å². The first-order valence-corrected chi connectivity index (χ1v) is 6.94. The number of thioether (sulfide) groups is 1. The summed E-state index contributed by atoms with van der Waals surface area (Å²) in [5.74, 6) is 0.132. The fourth-order valence-corrected chi connectivity index (χ4v) is 2.00. The predicted octanol–water partition coefficient (Wildman–Crippen LogP) is 1.84. The van der Waals surface area contributed by atoms with Gasteiger partial charge in [0.25, 0.3) is 5.91 Å². The molecule has 0 fully saturated rings. The van der Waals surface area contributed by atoms with Crippen molar-refractivity contribution in [1.82, 2.24) is 5.32 Å². The summed E-state index contributed by atoms with van der Waals surface area (Å²) in [6.07, 6.45) is 2.01. The first-order valence-electron chi connectivity index (χ1n) is 5.55. The number of esters is 1. The SMILES string of the molecule is COC(=O)[C@H](C)NC(=O)c1cccc(CSC)c1. The number of amides is 1. The number of hydrogen-bond acceptors (Lipinski definition) is 4. The van der Waals surface area contributed by atoms with E-state index in [0.29, 0.717) is 5.56 Å². The van der Waals surface area contributed by atoms with Gasteiger partial charge in [-0.05, 0) is 30.9 Å². The molecule has 1 atom stereocenters. The molecule has 0 heterocycles. The molecule has 0 aromatic heterocycles. The monoisotopic (exact) mass is 267 g/mol. The zero-order valence-corrected chi connectivity index (χ0v) is 11.5. The van der Waals surface area contributed by atoms with Gasteiger partial charge in [0, 0.05) is 11.3 Å². The number of carbonyl (C=O) groups is 2. The van der Waals surface area contributed by atoms with E-state index in [1.54, 1.807) is 24.8 Å². The van der Waals surface area contributed by atoms with Crippen LogP contribution >= 0.6 is 11.8 Å². The van der Waals surface area contributed by atoms with Gasteiger partial charge in [0.1, 0.15) is 6.04 Å². The highest BCUT2D eigenvalue weighted by Crippen LogP contribution is 2.11. The highest BCUT2D eigenvalue weighted by atomic mass is 32.2. The lowest BCUT2D eigenvalue weighted by atomic mass is 10.1. The van der Waals surface area contributed by atoms with E-state index in [1.807, 2.05) is 24.5 Å². The fraction of sp³-hybridized carbons (Fsp3) is 0.385. The van der Waals surface area contributed by atoms with Gasteiger partial charge in [0.2, 0.25) is 0 Å². The van der Waals surface area contributed by atoms with Crippen LogP contribution in [0.4, 0.5) is 0 Å². The van der Waals surface area contributed by atoms with E-state index < -0.39 is 12.0 Å². The van der Waals surface area contributed by atoms with Crippen LogP contribution in [0.1, 0.15) is 22.8 Å². The molecular formula is C13H17NO3S. The molecule has 98 valence electrons. The molecule has 0 saturated carbocycles. The second kappa shape index (κ2) is 7.06. The van der Waals surface area contributed by atoms with Crippen LogP contribution in [-0.2, 0) is 15.3 Å². The maximum atomic E-state index is 11.9. The molecule has 1 N–H and O–H groups in total. The van der Waals surface area contributed by atoms with Gasteiger partial charge in [-0.15, -0.1) is 0 Å². The van der Waals surface area contributed by atoms with Gasteiger partial charge in [-0.2, -0.15) is 11.8 Å². The predicted molar refractivity (Wildman–Crippen MR) is 72.6 cm³/mol. The molecule has 0 aliphatic heterocycles. The average molecular weight is 267 g/mol. The molecule has 1 rings (SSSR count). The number of nitrogens with one attached hydrogen (secondary N) is 1. The minimum Gasteiger partial charge on any atom is -0.467 e. The molecule has 4 nitrogen and oxygen atoms in total. The van der Waals surface area contributed by atoms with Gasteiger partial charge in [-0.25, -0.2) is 4.79 Å². The summed E-state index contributed by atoms with van der Waals surface area (Å²) < 4.78 is 4.55. The smallest absolute Gasteiger partial charge is 0.328 e. The Morgan fingerprint density at radius 2 is 2.17 bits per heavy atom. The molecular weight excluding hydrogens is 250 g/mol. The molecule has 1 amide bonds. The van der Waals surface area contributed by atoms with Crippen LogP contribution in [0.25, 0.3) is 0 Å². The second-order valence-corrected chi connectivity index (χ2v) is 4.72. The maximum Gasteiger partial charge on any atom is 0.328 e. The Bertz CT molecular complexity index is 434.